The van der Waals surface area contributed by atoms with E-state index in [2.05, 4.69) is 0 Å². The van der Waals surface area contributed by atoms with Crippen molar-refractivity contribution in [3.63, 3.8) is 0 Å². The Morgan fingerprint density at radius 2 is 1.04 bits per heavy atom. The normalized spacial score (nSPS) is 9.58. The van der Waals surface area contributed by atoms with Gasteiger partial charge in [-0.3, -0.25) is 9.59 Å². The lowest BCUT2D eigenvalue weighted by Crippen LogP contribution is -2.09. The molecule has 3 aromatic rings. The van der Waals surface area contributed by atoms with Gasteiger partial charge in [0, 0.05) is 16.7 Å². The predicted octanol–water partition coefficient (Wildman–Crippen LogP) is 4.51. The van der Waals surface area contributed by atoms with Crippen molar-refractivity contribution >= 4 is 17.5 Å². The molecule has 0 unspecified atom stereocenters. The molecule has 26 heavy (non-hydrogen) atoms. The van der Waals surface area contributed by atoms with E-state index < -0.39 is 5.97 Å². The number of hydrogen-bond donors (Lipinski definition) is 1. The van der Waals surface area contributed by atoms with Crippen molar-refractivity contribution in [3.8, 4) is 0 Å². The largest absolute Gasteiger partial charge is 0.478 e. The van der Waals surface area contributed by atoms with E-state index in [0.717, 1.165) is 5.56 Å². The van der Waals surface area contributed by atoms with Gasteiger partial charge in [0.1, 0.15) is 0 Å². The maximum absolute atomic E-state index is 12.1. The highest BCUT2D eigenvalue weighted by molar-refractivity contribution is 6.14. The van der Waals surface area contributed by atoms with E-state index in [1.807, 2.05) is 30.3 Å². The van der Waals surface area contributed by atoms with Crippen LogP contribution in [0.5, 0.6) is 0 Å². The topological polar surface area (TPSA) is 71.4 Å². The van der Waals surface area contributed by atoms with Gasteiger partial charge in [0.2, 0.25) is 0 Å². The molecular formula is C22H18O4. The van der Waals surface area contributed by atoms with E-state index in [9.17, 15) is 14.4 Å². The molecule has 130 valence electrons. The molecular weight excluding hydrogens is 328 g/mol. The van der Waals surface area contributed by atoms with Crippen LogP contribution in [0.15, 0.2) is 84.9 Å². The first kappa shape index (κ1) is 18.8. The highest BCUT2D eigenvalue weighted by atomic mass is 16.4. The summed E-state index contributed by atoms with van der Waals surface area (Å²) in [5, 5.41) is 9.01. The number of aromatic carboxylic acids is 1. The van der Waals surface area contributed by atoms with E-state index in [0.29, 0.717) is 5.56 Å². The standard InChI is InChI=1S/C14H10O3.C8H8O/c15-13(10-6-2-1-3-7-10)11-8-4-5-9-12(11)14(16)17;1-7(9)8-5-3-2-4-6-8/h1-9H,(H,16,17);2-6H,1H3. The van der Waals surface area contributed by atoms with Crippen molar-refractivity contribution < 1.29 is 19.5 Å². The summed E-state index contributed by atoms with van der Waals surface area (Å²) in [6.45, 7) is 1.56. The summed E-state index contributed by atoms with van der Waals surface area (Å²) < 4.78 is 0. The fourth-order valence-corrected chi connectivity index (χ4v) is 2.29. The number of benzene rings is 3. The molecule has 0 aliphatic rings. The van der Waals surface area contributed by atoms with Crippen molar-refractivity contribution in [2.24, 2.45) is 0 Å². The second kappa shape index (κ2) is 9.08. The fraction of sp³-hybridized carbons (Fsp3) is 0.0455. The van der Waals surface area contributed by atoms with Gasteiger partial charge in [0.05, 0.1) is 5.56 Å². The van der Waals surface area contributed by atoms with Crippen molar-refractivity contribution in [1.29, 1.82) is 0 Å². The molecule has 0 saturated carbocycles. The number of hydrogen-bond acceptors (Lipinski definition) is 3. The summed E-state index contributed by atoms with van der Waals surface area (Å²) in [6, 6.07) is 24.1. The van der Waals surface area contributed by atoms with Crippen LogP contribution in [0, 0.1) is 0 Å². The zero-order chi connectivity index (χ0) is 18.9. The van der Waals surface area contributed by atoms with Gasteiger partial charge in [-0.2, -0.15) is 0 Å². The summed E-state index contributed by atoms with van der Waals surface area (Å²) in [7, 11) is 0. The first-order valence-electron chi connectivity index (χ1n) is 7.98. The van der Waals surface area contributed by atoms with Crippen molar-refractivity contribution in [1.82, 2.24) is 0 Å². The van der Waals surface area contributed by atoms with E-state index in [1.165, 1.54) is 12.1 Å². The van der Waals surface area contributed by atoms with E-state index >= 15 is 0 Å². The highest BCUT2D eigenvalue weighted by Crippen LogP contribution is 2.14. The van der Waals surface area contributed by atoms with Crippen LogP contribution < -0.4 is 0 Å². The molecule has 1 N–H and O–H groups in total. The molecule has 0 fully saturated rings. The average molecular weight is 346 g/mol. The number of rotatable bonds is 4. The third-order valence-corrected chi connectivity index (χ3v) is 3.62. The van der Waals surface area contributed by atoms with Gasteiger partial charge < -0.3 is 5.11 Å². The molecule has 4 nitrogen and oxygen atoms in total. The average Bonchev–Trinajstić information content (AvgIpc) is 2.69. The number of ketones is 2. The molecule has 0 spiro atoms. The van der Waals surface area contributed by atoms with E-state index in [1.54, 1.807) is 49.4 Å². The van der Waals surface area contributed by atoms with Gasteiger partial charge in [-0.1, -0.05) is 78.9 Å². The number of carboxylic acid groups (broad SMARTS) is 1. The van der Waals surface area contributed by atoms with Crippen LogP contribution in [0.4, 0.5) is 0 Å². The first-order chi connectivity index (χ1) is 12.5. The molecule has 0 radical (unpaired) electrons. The lowest BCUT2D eigenvalue weighted by atomic mass is 9.98. The number of Topliss-reactive ketones (excluding diaryl/α,β-unsaturated/α-hetero) is 1. The van der Waals surface area contributed by atoms with Crippen molar-refractivity contribution in [3.05, 3.63) is 107 Å². The Hall–Kier alpha value is -3.53. The van der Waals surface area contributed by atoms with E-state index in [4.69, 9.17) is 5.11 Å². The minimum Gasteiger partial charge on any atom is -0.478 e. The smallest absolute Gasteiger partial charge is 0.336 e. The number of carbonyl (C=O) groups is 3. The van der Waals surface area contributed by atoms with Crippen molar-refractivity contribution in [2.45, 2.75) is 6.92 Å². The third kappa shape index (κ3) is 4.98. The second-order valence-electron chi connectivity index (χ2n) is 5.47. The number of carbonyl (C=O) groups excluding carboxylic acids is 2. The van der Waals surface area contributed by atoms with Gasteiger partial charge in [-0.05, 0) is 13.0 Å². The maximum Gasteiger partial charge on any atom is 0.336 e. The Morgan fingerprint density at radius 1 is 0.615 bits per heavy atom. The molecule has 0 atom stereocenters. The van der Waals surface area contributed by atoms with E-state index in [-0.39, 0.29) is 22.7 Å². The predicted molar refractivity (Wildman–Crippen MR) is 99.7 cm³/mol. The van der Waals surface area contributed by atoms with Gasteiger partial charge in [-0.15, -0.1) is 0 Å². The second-order valence-corrected chi connectivity index (χ2v) is 5.47. The first-order valence-corrected chi connectivity index (χ1v) is 7.98. The molecule has 3 rings (SSSR count). The summed E-state index contributed by atoms with van der Waals surface area (Å²) in [6.07, 6.45) is 0. The van der Waals surface area contributed by atoms with Crippen LogP contribution in [-0.4, -0.2) is 22.6 Å². The van der Waals surface area contributed by atoms with Crippen LogP contribution in [0.25, 0.3) is 0 Å². The minimum atomic E-state index is -1.09. The Morgan fingerprint density at radius 3 is 1.46 bits per heavy atom. The molecule has 0 aliphatic carbocycles. The van der Waals surface area contributed by atoms with Crippen LogP contribution in [0.3, 0.4) is 0 Å². The van der Waals surface area contributed by atoms with Gasteiger partial charge >= 0.3 is 5.97 Å². The third-order valence-electron chi connectivity index (χ3n) is 3.62. The molecule has 0 amide bonds. The highest BCUT2D eigenvalue weighted by Gasteiger charge is 2.16. The Labute approximate surface area is 151 Å². The number of carboxylic acids is 1. The maximum atomic E-state index is 12.1. The lowest BCUT2D eigenvalue weighted by Gasteiger charge is -2.04. The fourth-order valence-electron chi connectivity index (χ4n) is 2.29. The Balaban J connectivity index is 0.000000228. The molecule has 0 heterocycles. The van der Waals surface area contributed by atoms with Crippen molar-refractivity contribution in [2.75, 3.05) is 0 Å². The minimum absolute atomic E-state index is 0.0290. The van der Waals surface area contributed by atoms with Crippen LogP contribution in [0.1, 0.15) is 43.6 Å². The van der Waals surface area contributed by atoms with Crippen LogP contribution in [0.2, 0.25) is 0 Å². The van der Waals surface area contributed by atoms with Crippen LogP contribution in [-0.2, 0) is 0 Å². The summed E-state index contributed by atoms with van der Waals surface area (Å²) in [5.41, 5.74) is 1.51. The Kier molecular flexibility index (Phi) is 6.57. The van der Waals surface area contributed by atoms with Gasteiger partial charge in [0.15, 0.2) is 11.6 Å². The Bertz CT molecular complexity index is 900. The summed E-state index contributed by atoms with van der Waals surface area (Å²) >= 11 is 0. The molecule has 0 aromatic heterocycles. The monoisotopic (exact) mass is 346 g/mol. The summed E-state index contributed by atoms with van der Waals surface area (Å²) in [5.74, 6) is -1.25. The van der Waals surface area contributed by atoms with Crippen LogP contribution >= 0.6 is 0 Å². The van der Waals surface area contributed by atoms with Gasteiger partial charge in [0.25, 0.3) is 0 Å². The molecule has 4 heteroatoms. The molecule has 0 aliphatic heterocycles. The molecule has 0 bridgehead atoms. The zero-order valence-electron chi connectivity index (χ0n) is 14.3. The quantitative estimate of drug-likeness (QED) is 0.706. The summed E-state index contributed by atoms with van der Waals surface area (Å²) in [4.78, 5) is 33.8. The molecule has 3 aromatic carbocycles. The van der Waals surface area contributed by atoms with Gasteiger partial charge in [-0.25, -0.2) is 4.79 Å². The zero-order valence-corrected chi connectivity index (χ0v) is 14.3. The SMILES string of the molecule is CC(=O)c1ccccc1.O=C(O)c1ccccc1C(=O)c1ccccc1. The lowest BCUT2D eigenvalue weighted by molar-refractivity contribution is 0.0692. The molecule has 0 saturated heterocycles.